The highest BCUT2D eigenvalue weighted by molar-refractivity contribution is 7.22. The number of hydrogen-bond donors (Lipinski definition) is 1. The van der Waals surface area contributed by atoms with Crippen LogP contribution in [0.3, 0.4) is 0 Å². The Morgan fingerprint density at radius 1 is 1.21 bits per heavy atom. The van der Waals surface area contributed by atoms with Crippen LogP contribution in [0.15, 0.2) is 24.3 Å². The molecule has 2 atom stereocenters. The molecular formula is C21H24F2N8S2. The van der Waals surface area contributed by atoms with Crippen LogP contribution < -0.4 is 10.6 Å². The van der Waals surface area contributed by atoms with Crippen molar-refractivity contribution in [2.45, 2.75) is 38.9 Å². The topological polar surface area (TPSA) is 89.0 Å². The van der Waals surface area contributed by atoms with E-state index in [1.807, 2.05) is 0 Å². The van der Waals surface area contributed by atoms with Crippen LogP contribution in [-0.4, -0.2) is 55.8 Å². The summed E-state index contributed by atoms with van der Waals surface area (Å²) >= 11 is 2.47. The largest absolute Gasteiger partial charge is 0.399 e. The average molecular weight is 491 g/mol. The van der Waals surface area contributed by atoms with Gasteiger partial charge in [-0.1, -0.05) is 18.3 Å². The van der Waals surface area contributed by atoms with E-state index in [9.17, 15) is 8.78 Å². The quantitative estimate of drug-likeness (QED) is 0.410. The highest BCUT2D eigenvalue weighted by Gasteiger charge is 2.32. The zero-order valence-electron chi connectivity index (χ0n) is 18.3. The summed E-state index contributed by atoms with van der Waals surface area (Å²) in [6, 6.07) is 6.50. The van der Waals surface area contributed by atoms with E-state index in [4.69, 9.17) is 5.73 Å². The highest BCUT2D eigenvalue weighted by Crippen LogP contribution is 2.35. The van der Waals surface area contributed by atoms with Gasteiger partial charge in [0.1, 0.15) is 5.82 Å². The lowest BCUT2D eigenvalue weighted by Gasteiger charge is -2.42. The summed E-state index contributed by atoms with van der Waals surface area (Å²) in [5.74, 6) is 0.452. The number of nitrogens with zero attached hydrogens (tertiary/aromatic N) is 7. The maximum absolute atomic E-state index is 14.3. The zero-order valence-corrected chi connectivity index (χ0v) is 19.9. The molecule has 5 rings (SSSR count). The molecule has 8 nitrogen and oxygen atoms in total. The Morgan fingerprint density at radius 2 is 2.06 bits per heavy atom. The molecule has 2 N–H and O–H groups in total. The molecule has 0 radical (unpaired) electrons. The fraction of sp³-hybridized carbons (Fsp3) is 0.429. The van der Waals surface area contributed by atoms with Gasteiger partial charge in [0, 0.05) is 36.2 Å². The molecule has 174 valence electrons. The van der Waals surface area contributed by atoms with E-state index in [0.717, 1.165) is 53.2 Å². The minimum Gasteiger partial charge on any atom is -0.399 e. The first-order valence-electron chi connectivity index (χ1n) is 10.8. The van der Waals surface area contributed by atoms with E-state index in [1.165, 1.54) is 23.5 Å². The van der Waals surface area contributed by atoms with Crippen molar-refractivity contribution in [2.75, 3.05) is 30.3 Å². The lowest BCUT2D eigenvalue weighted by Crippen LogP contribution is -2.53. The number of thiophene rings is 1. The number of thiazole rings is 1. The Labute approximate surface area is 197 Å². The van der Waals surface area contributed by atoms with Gasteiger partial charge in [-0.2, -0.15) is 4.39 Å². The lowest BCUT2D eigenvalue weighted by atomic mass is 10.1. The van der Waals surface area contributed by atoms with Crippen molar-refractivity contribution in [2.24, 2.45) is 0 Å². The van der Waals surface area contributed by atoms with E-state index < -0.39 is 0 Å². The Morgan fingerprint density at radius 3 is 2.79 bits per heavy atom. The van der Waals surface area contributed by atoms with E-state index in [2.05, 4.69) is 44.2 Å². The van der Waals surface area contributed by atoms with Crippen LogP contribution in [-0.2, 0) is 6.54 Å². The summed E-state index contributed by atoms with van der Waals surface area (Å²) in [6.07, 6.45) is 0.845. The van der Waals surface area contributed by atoms with Crippen LogP contribution in [0.5, 0.6) is 0 Å². The molecule has 0 aliphatic carbocycles. The summed E-state index contributed by atoms with van der Waals surface area (Å²) in [5, 5.41) is 12.9. The van der Waals surface area contributed by atoms with E-state index >= 15 is 0 Å². The van der Waals surface area contributed by atoms with E-state index in [0.29, 0.717) is 22.4 Å². The fourth-order valence-corrected chi connectivity index (χ4v) is 6.22. The van der Waals surface area contributed by atoms with Gasteiger partial charge in [0.2, 0.25) is 0 Å². The van der Waals surface area contributed by atoms with Gasteiger partial charge in [-0.15, -0.1) is 16.4 Å². The van der Waals surface area contributed by atoms with Gasteiger partial charge < -0.3 is 10.6 Å². The van der Waals surface area contributed by atoms with Gasteiger partial charge in [0.15, 0.2) is 16.1 Å². The van der Waals surface area contributed by atoms with Crippen LogP contribution in [0.4, 0.5) is 19.6 Å². The molecule has 0 spiro atoms. The van der Waals surface area contributed by atoms with Crippen LogP contribution in [0.1, 0.15) is 37.0 Å². The Balaban J connectivity index is 1.33. The number of rotatable bonds is 6. The van der Waals surface area contributed by atoms with Gasteiger partial charge in [0.05, 0.1) is 22.8 Å². The Hall–Kier alpha value is -2.70. The first kappa shape index (κ1) is 22.1. The van der Waals surface area contributed by atoms with Crippen molar-refractivity contribution < 1.29 is 8.78 Å². The minimum atomic E-state index is -0.330. The Bertz CT molecular complexity index is 1270. The van der Waals surface area contributed by atoms with Crippen molar-refractivity contribution in [3.05, 3.63) is 45.9 Å². The number of fused-ring (bicyclic) bond motifs is 1. The number of hydrogen-bond acceptors (Lipinski definition) is 9. The smallest absolute Gasteiger partial charge is 0.186 e. The molecule has 12 heteroatoms. The summed E-state index contributed by atoms with van der Waals surface area (Å²) < 4.78 is 30.0. The number of nitrogens with two attached hydrogens (primary N) is 1. The van der Waals surface area contributed by atoms with Crippen molar-refractivity contribution in [1.82, 2.24) is 30.1 Å². The van der Waals surface area contributed by atoms with Crippen LogP contribution in [0, 0.1) is 10.9 Å². The van der Waals surface area contributed by atoms with Crippen molar-refractivity contribution >= 4 is 43.7 Å². The standard InChI is InChI=1S/C21H24F2N8S2/c1-3-17(20-26-27-28-31(20)11-14-4-5-18(23)32-14)29-6-7-30(12(2)10-29)21-25-16-9-13(24)8-15(22)19(16)33-21/h4-5,8-9,12,17H,3,6-7,10-11,24H2,1-2H3. The lowest BCUT2D eigenvalue weighted by molar-refractivity contribution is 0.150. The number of nitrogen functional groups attached to an aromatic ring is 1. The predicted molar refractivity (Wildman–Crippen MR) is 127 cm³/mol. The summed E-state index contributed by atoms with van der Waals surface area (Å²) in [6.45, 7) is 7.05. The van der Waals surface area contributed by atoms with Gasteiger partial charge >= 0.3 is 0 Å². The minimum absolute atomic E-state index is 0.0435. The SMILES string of the molecule is CCC(c1nnnn1Cc1ccc(F)s1)N1CCN(c2nc3cc(N)cc(F)c3s2)C(C)C1. The molecule has 4 aromatic rings. The third-order valence-electron chi connectivity index (χ3n) is 5.98. The normalized spacial score (nSPS) is 18.3. The maximum Gasteiger partial charge on any atom is 0.186 e. The van der Waals surface area contributed by atoms with Gasteiger partial charge in [-0.05, 0) is 48.0 Å². The molecule has 1 aliphatic heterocycles. The summed E-state index contributed by atoms with van der Waals surface area (Å²) in [4.78, 5) is 10.1. The molecule has 0 amide bonds. The number of piperazine rings is 1. The highest BCUT2D eigenvalue weighted by atomic mass is 32.1. The molecule has 1 aliphatic rings. The molecule has 0 saturated carbocycles. The van der Waals surface area contributed by atoms with Gasteiger partial charge in [0.25, 0.3) is 0 Å². The number of benzene rings is 1. The second-order valence-corrected chi connectivity index (χ2v) is 10.3. The van der Waals surface area contributed by atoms with Crippen LogP contribution in [0.25, 0.3) is 10.2 Å². The summed E-state index contributed by atoms with van der Waals surface area (Å²) in [5.41, 5.74) is 6.76. The second-order valence-electron chi connectivity index (χ2n) is 8.21. The summed E-state index contributed by atoms with van der Waals surface area (Å²) in [7, 11) is 0. The van der Waals surface area contributed by atoms with E-state index in [1.54, 1.807) is 16.8 Å². The predicted octanol–water partition coefficient (Wildman–Crippen LogP) is 3.91. The van der Waals surface area contributed by atoms with Gasteiger partial charge in [-0.25, -0.2) is 14.1 Å². The molecule has 33 heavy (non-hydrogen) atoms. The molecule has 2 unspecified atom stereocenters. The van der Waals surface area contributed by atoms with Crippen molar-refractivity contribution in [3.8, 4) is 0 Å². The van der Waals surface area contributed by atoms with Crippen molar-refractivity contribution in [3.63, 3.8) is 0 Å². The van der Waals surface area contributed by atoms with Crippen LogP contribution in [0.2, 0.25) is 0 Å². The average Bonchev–Trinajstić information content (AvgIpc) is 3.50. The second kappa shape index (κ2) is 8.92. The monoisotopic (exact) mass is 490 g/mol. The number of anilines is 2. The van der Waals surface area contributed by atoms with Crippen molar-refractivity contribution in [1.29, 1.82) is 0 Å². The molecule has 1 saturated heterocycles. The third-order valence-corrected chi connectivity index (χ3v) is 7.96. The first-order chi connectivity index (χ1) is 15.9. The molecular weight excluding hydrogens is 466 g/mol. The fourth-order valence-electron chi connectivity index (χ4n) is 4.43. The maximum atomic E-state index is 14.3. The van der Waals surface area contributed by atoms with Gasteiger partial charge in [-0.3, -0.25) is 4.90 Å². The number of aromatic nitrogens is 5. The third kappa shape index (κ3) is 4.30. The number of halogens is 2. The molecule has 3 aromatic heterocycles. The first-order valence-corrected chi connectivity index (χ1v) is 12.4. The molecule has 1 fully saturated rings. The molecule has 1 aromatic carbocycles. The van der Waals surface area contributed by atoms with E-state index in [-0.39, 0.29) is 23.0 Å². The molecule has 0 bridgehead atoms. The zero-order chi connectivity index (χ0) is 23.1. The number of tetrazole rings is 1. The molecule has 4 heterocycles. The van der Waals surface area contributed by atoms with Crippen LogP contribution >= 0.6 is 22.7 Å². The Kier molecular flexibility index (Phi) is 5.97.